The maximum atomic E-state index is 12.2. The molecule has 0 unspecified atom stereocenters. The number of thiazole rings is 1. The molecular weight excluding hydrogens is 336 g/mol. The summed E-state index contributed by atoms with van der Waals surface area (Å²) in [5, 5.41) is 8.16. The van der Waals surface area contributed by atoms with Crippen molar-refractivity contribution in [1.82, 2.24) is 14.8 Å². The van der Waals surface area contributed by atoms with Gasteiger partial charge in [0.15, 0.2) is 5.13 Å². The highest BCUT2D eigenvalue weighted by Gasteiger charge is 2.14. The van der Waals surface area contributed by atoms with E-state index in [1.807, 2.05) is 32.0 Å². The van der Waals surface area contributed by atoms with E-state index >= 15 is 0 Å². The number of aryl methyl sites for hydroxylation is 1. The minimum Gasteiger partial charge on any atom is -0.494 e. The normalized spacial score (nSPS) is 11.0. The Labute approximate surface area is 142 Å². The Morgan fingerprint density at radius 1 is 1.43 bits per heavy atom. The summed E-state index contributed by atoms with van der Waals surface area (Å²) in [6.07, 6.45) is 0. The molecule has 3 aromatic rings. The van der Waals surface area contributed by atoms with Crippen LogP contribution < -0.4 is 10.1 Å². The lowest BCUT2D eigenvalue weighted by molar-refractivity contribution is -0.116. The second-order valence-electron chi connectivity index (χ2n) is 5.02. The number of fused-ring (bicyclic) bond motifs is 1. The predicted octanol–water partition coefficient (Wildman–Crippen LogP) is 3.41. The minimum absolute atomic E-state index is 0.0897. The summed E-state index contributed by atoms with van der Waals surface area (Å²) >= 11 is 7.49. The fraction of sp³-hybridized carbons (Fsp3) is 0.267. The lowest BCUT2D eigenvalue weighted by atomic mass is 10.3. The Bertz CT molecular complexity index is 887. The molecule has 0 spiro atoms. The third kappa shape index (κ3) is 3.02. The molecule has 0 aliphatic heterocycles. The molecule has 0 saturated carbocycles. The van der Waals surface area contributed by atoms with Crippen LogP contribution in [0.2, 0.25) is 5.02 Å². The van der Waals surface area contributed by atoms with Crippen LogP contribution in [-0.4, -0.2) is 27.8 Å². The van der Waals surface area contributed by atoms with Gasteiger partial charge < -0.3 is 10.1 Å². The second kappa shape index (κ2) is 6.17. The average Bonchev–Trinajstić information content (AvgIpc) is 3.03. The van der Waals surface area contributed by atoms with Gasteiger partial charge in [-0.25, -0.2) is 4.98 Å². The van der Waals surface area contributed by atoms with Crippen molar-refractivity contribution in [3.05, 3.63) is 34.6 Å². The van der Waals surface area contributed by atoms with Crippen LogP contribution in [0, 0.1) is 13.8 Å². The van der Waals surface area contributed by atoms with E-state index in [9.17, 15) is 4.79 Å². The second-order valence-corrected chi connectivity index (χ2v) is 6.43. The van der Waals surface area contributed by atoms with Gasteiger partial charge in [-0.05, 0) is 26.0 Å². The number of halogens is 1. The molecule has 120 valence electrons. The number of amides is 1. The SMILES string of the molecule is COc1cccc2sc(NC(=O)Cn3nc(C)c(Cl)c3C)nc12. The number of nitrogens with zero attached hydrogens (tertiary/aromatic N) is 3. The fourth-order valence-corrected chi connectivity index (χ4v) is 3.30. The summed E-state index contributed by atoms with van der Waals surface area (Å²) in [7, 11) is 1.60. The van der Waals surface area contributed by atoms with Gasteiger partial charge in [-0.2, -0.15) is 5.10 Å². The summed E-state index contributed by atoms with van der Waals surface area (Å²) in [5.74, 6) is 0.481. The Morgan fingerprint density at radius 3 is 2.87 bits per heavy atom. The summed E-state index contributed by atoms with van der Waals surface area (Å²) < 4.78 is 7.81. The van der Waals surface area contributed by atoms with Crippen LogP contribution in [0.15, 0.2) is 18.2 Å². The van der Waals surface area contributed by atoms with Gasteiger partial charge in [-0.1, -0.05) is 29.0 Å². The largest absolute Gasteiger partial charge is 0.494 e. The molecule has 0 saturated heterocycles. The Balaban J connectivity index is 1.79. The van der Waals surface area contributed by atoms with Crippen molar-refractivity contribution < 1.29 is 9.53 Å². The van der Waals surface area contributed by atoms with Crippen LogP contribution in [0.3, 0.4) is 0 Å². The highest BCUT2D eigenvalue weighted by molar-refractivity contribution is 7.22. The number of rotatable bonds is 4. The molecule has 0 radical (unpaired) electrons. The fourth-order valence-electron chi connectivity index (χ4n) is 2.27. The van der Waals surface area contributed by atoms with Gasteiger partial charge in [0.2, 0.25) is 5.91 Å². The molecule has 0 bridgehead atoms. The first-order chi connectivity index (χ1) is 11.0. The zero-order chi connectivity index (χ0) is 16.6. The first-order valence-electron chi connectivity index (χ1n) is 6.92. The molecule has 0 aliphatic carbocycles. The van der Waals surface area contributed by atoms with Gasteiger partial charge in [-0.15, -0.1) is 0 Å². The van der Waals surface area contributed by atoms with Gasteiger partial charge >= 0.3 is 0 Å². The minimum atomic E-state index is -0.203. The average molecular weight is 351 g/mol. The van der Waals surface area contributed by atoms with E-state index in [1.165, 1.54) is 11.3 Å². The standard InChI is InChI=1S/C15H15ClN4O2S/c1-8-13(16)9(2)20(19-8)7-12(21)17-15-18-14-10(22-3)5-4-6-11(14)23-15/h4-6H,7H2,1-3H3,(H,17,18,21). The van der Waals surface area contributed by atoms with Crippen LogP contribution in [0.25, 0.3) is 10.2 Å². The van der Waals surface area contributed by atoms with Gasteiger partial charge in [0.05, 0.1) is 28.2 Å². The van der Waals surface area contributed by atoms with Crippen molar-refractivity contribution in [1.29, 1.82) is 0 Å². The molecule has 0 aliphatic rings. The van der Waals surface area contributed by atoms with Crippen LogP contribution in [0.1, 0.15) is 11.4 Å². The van der Waals surface area contributed by atoms with Gasteiger partial charge in [0, 0.05) is 0 Å². The molecule has 2 aromatic heterocycles. The first kappa shape index (κ1) is 15.8. The van der Waals surface area contributed by atoms with Crippen molar-refractivity contribution in [2.75, 3.05) is 12.4 Å². The van der Waals surface area contributed by atoms with Gasteiger partial charge in [0.25, 0.3) is 0 Å². The molecular formula is C15H15ClN4O2S. The van der Waals surface area contributed by atoms with E-state index in [0.717, 1.165) is 15.9 Å². The van der Waals surface area contributed by atoms with Gasteiger partial charge in [0.1, 0.15) is 17.8 Å². The lowest BCUT2D eigenvalue weighted by Crippen LogP contribution is -2.20. The van der Waals surface area contributed by atoms with Crippen molar-refractivity contribution in [2.24, 2.45) is 0 Å². The Morgan fingerprint density at radius 2 is 2.22 bits per heavy atom. The van der Waals surface area contributed by atoms with E-state index in [-0.39, 0.29) is 12.5 Å². The highest BCUT2D eigenvalue weighted by Crippen LogP contribution is 2.32. The quantitative estimate of drug-likeness (QED) is 0.782. The van der Waals surface area contributed by atoms with E-state index in [2.05, 4.69) is 15.4 Å². The van der Waals surface area contributed by atoms with Crippen LogP contribution in [-0.2, 0) is 11.3 Å². The number of carbonyl (C=O) groups is 1. The molecule has 6 nitrogen and oxygen atoms in total. The number of anilines is 1. The number of para-hydroxylation sites is 1. The highest BCUT2D eigenvalue weighted by atomic mass is 35.5. The van der Waals surface area contributed by atoms with Crippen molar-refractivity contribution in [3.8, 4) is 5.75 Å². The van der Waals surface area contributed by atoms with E-state index < -0.39 is 0 Å². The number of benzene rings is 1. The van der Waals surface area contributed by atoms with Crippen molar-refractivity contribution in [3.63, 3.8) is 0 Å². The Hall–Kier alpha value is -2.12. The van der Waals surface area contributed by atoms with Crippen molar-refractivity contribution >= 4 is 44.2 Å². The number of nitrogens with one attached hydrogen (secondary N) is 1. The van der Waals surface area contributed by atoms with Gasteiger partial charge in [-0.3, -0.25) is 9.48 Å². The van der Waals surface area contributed by atoms with Crippen LogP contribution in [0.4, 0.5) is 5.13 Å². The lowest BCUT2D eigenvalue weighted by Gasteiger charge is -2.04. The molecule has 0 atom stereocenters. The topological polar surface area (TPSA) is 69.0 Å². The number of carbonyl (C=O) groups excluding carboxylic acids is 1. The number of ether oxygens (including phenoxy) is 1. The third-order valence-electron chi connectivity index (χ3n) is 3.43. The summed E-state index contributed by atoms with van der Waals surface area (Å²) in [5.41, 5.74) is 2.22. The maximum absolute atomic E-state index is 12.2. The Kier molecular flexibility index (Phi) is 4.23. The van der Waals surface area contributed by atoms with E-state index in [4.69, 9.17) is 16.3 Å². The third-order valence-corrected chi connectivity index (χ3v) is 4.92. The summed E-state index contributed by atoms with van der Waals surface area (Å²) in [6, 6.07) is 5.67. The van der Waals surface area contributed by atoms with Crippen LogP contribution in [0.5, 0.6) is 5.75 Å². The molecule has 23 heavy (non-hydrogen) atoms. The molecule has 3 rings (SSSR count). The molecule has 1 N–H and O–H groups in total. The first-order valence-corrected chi connectivity index (χ1v) is 8.12. The molecule has 1 aromatic carbocycles. The maximum Gasteiger partial charge on any atom is 0.247 e. The number of hydrogen-bond acceptors (Lipinski definition) is 5. The molecule has 8 heteroatoms. The smallest absolute Gasteiger partial charge is 0.247 e. The monoisotopic (exact) mass is 350 g/mol. The van der Waals surface area contributed by atoms with Crippen LogP contribution >= 0.6 is 22.9 Å². The zero-order valence-electron chi connectivity index (χ0n) is 12.9. The summed E-state index contributed by atoms with van der Waals surface area (Å²) in [4.78, 5) is 16.6. The molecule has 2 heterocycles. The molecule has 0 fully saturated rings. The number of aromatic nitrogens is 3. The van der Waals surface area contributed by atoms with E-state index in [1.54, 1.807) is 11.8 Å². The zero-order valence-corrected chi connectivity index (χ0v) is 14.5. The summed E-state index contributed by atoms with van der Waals surface area (Å²) in [6.45, 7) is 3.73. The van der Waals surface area contributed by atoms with Crippen molar-refractivity contribution in [2.45, 2.75) is 20.4 Å². The number of hydrogen-bond donors (Lipinski definition) is 1. The van der Waals surface area contributed by atoms with E-state index in [0.29, 0.717) is 21.6 Å². The predicted molar refractivity (Wildman–Crippen MR) is 91.5 cm³/mol. The number of methoxy groups -OCH3 is 1. The molecule has 1 amide bonds.